The molecule has 1 atom stereocenters. The Balaban J connectivity index is 1.66. The van der Waals surface area contributed by atoms with Crippen molar-refractivity contribution in [3.63, 3.8) is 0 Å². The van der Waals surface area contributed by atoms with Crippen LogP contribution < -0.4 is 5.32 Å². The minimum absolute atomic E-state index is 0.159. The van der Waals surface area contributed by atoms with Gasteiger partial charge >= 0.3 is 0 Å². The maximum absolute atomic E-state index is 6.04. The second-order valence-corrected chi connectivity index (χ2v) is 5.83. The zero-order chi connectivity index (χ0) is 12.4. The monoisotopic (exact) mass is 266 g/mol. The van der Waals surface area contributed by atoms with Gasteiger partial charge in [-0.05, 0) is 37.8 Å². The lowest BCUT2D eigenvalue weighted by atomic mass is 9.89. The predicted octanol–water partition coefficient (Wildman–Crippen LogP) is 3.64. The molecule has 0 bridgehead atoms. The first-order valence-corrected chi connectivity index (χ1v) is 7.16. The molecule has 1 aliphatic heterocycles. The molecular formula is C14H19ClN2O. The normalized spacial score (nSPS) is 26.4. The van der Waals surface area contributed by atoms with Crippen LogP contribution >= 0.6 is 11.6 Å². The van der Waals surface area contributed by atoms with E-state index in [0.717, 1.165) is 25.1 Å². The van der Waals surface area contributed by atoms with Crippen molar-refractivity contribution in [3.05, 3.63) is 23.5 Å². The number of nitrogens with zero attached hydrogens (tertiary/aromatic N) is 1. The smallest absolute Gasteiger partial charge is 0.131 e. The molecule has 1 spiro atoms. The van der Waals surface area contributed by atoms with Crippen LogP contribution in [0.25, 0.3) is 0 Å². The molecule has 1 aliphatic carbocycles. The molecule has 1 N–H and O–H groups in total. The first-order chi connectivity index (χ1) is 8.76. The van der Waals surface area contributed by atoms with E-state index >= 15 is 0 Å². The molecule has 1 saturated heterocycles. The lowest BCUT2D eigenvalue weighted by Crippen LogP contribution is -2.42. The van der Waals surface area contributed by atoms with Gasteiger partial charge in [-0.25, -0.2) is 4.98 Å². The first-order valence-electron chi connectivity index (χ1n) is 6.78. The molecule has 0 radical (unpaired) electrons. The van der Waals surface area contributed by atoms with E-state index in [4.69, 9.17) is 16.3 Å². The zero-order valence-electron chi connectivity index (χ0n) is 10.5. The van der Waals surface area contributed by atoms with E-state index in [1.165, 1.54) is 25.7 Å². The second-order valence-electron chi connectivity index (χ2n) is 5.44. The Labute approximate surface area is 113 Å². The third kappa shape index (κ3) is 2.62. The fraction of sp³-hybridized carbons (Fsp3) is 0.643. The molecule has 1 aromatic heterocycles. The molecule has 2 aliphatic rings. The number of aromatic nitrogens is 1. The Bertz CT molecular complexity index is 418. The quantitative estimate of drug-likeness (QED) is 0.830. The molecule has 1 unspecified atom stereocenters. The van der Waals surface area contributed by atoms with Gasteiger partial charge in [0.05, 0.1) is 5.60 Å². The summed E-state index contributed by atoms with van der Waals surface area (Å²) >= 11 is 5.91. The molecule has 1 saturated carbocycles. The Morgan fingerprint density at radius 3 is 3.00 bits per heavy atom. The highest BCUT2D eigenvalue weighted by Gasteiger charge is 2.39. The Morgan fingerprint density at radius 2 is 2.22 bits per heavy atom. The van der Waals surface area contributed by atoms with E-state index in [2.05, 4.69) is 10.3 Å². The maximum Gasteiger partial charge on any atom is 0.131 e. The third-order valence-electron chi connectivity index (χ3n) is 4.11. The van der Waals surface area contributed by atoms with Crippen molar-refractivity contribution < 1.29 is 4.74 Å². The highest BCUT2D eigenvalue weighted by Crippen LogP contribution is 2.40. The van der Waals surface area contributed by atoms with E-state index in [1.807, 2.05) is 12.1 Å². The number of hydrogen-bond donors (Lipinski definition) is 1. The van der Waals surface area contributed by atoms with Gasteiger partial charge in [0.25, 0.3) is 0 Å². The van der Waals surface area contributed by atoms with E-state index in [-0.39, 0.29) is 5.60 Å². The van der Waals surface area contributed by atoms with Gasteiger partial charge in [-0.2, -0.15) is 0 Å². The molecule has 2 heterocycles. The van der Waals surface area contributed by atoms with Crippen LogP contribution in [-0.4, -0.2) is 23.2 Å². The minimum atomic E-state index is 0.159. The summed E-state index contributed by atoms with van der Waals surface area (Å²) in [5.41, 5.74) is 1.22. The van der Waals surface area contributed by atoms with Crippen molar-refractivity contribution >= 4 is 17.3 Å². The lowest BCUT2D eigenvalue weighted by molar-refractivity contribution is -0.0767. The summed E-state index contributed by atoms with van der Waals surface area (Å²) in [5.74, 6) is 0. The summed E-state index contributed by atoms with van der Waals surface area (Å²) < 4.78 is 6.04. The molecule has 3 nitrogen and oxygen atoms in total. The maximum atomic E-state index is 6.04. The predicted molar refractivity (Wildman–Crippen MR) is 73.0 cm³/mol. The fourth-order valence-electron chi connectivity index (χ4n) is 3.25. The average molecular weight is 267 g/mol. The number of anilines is 1. The summed E-state index contributed by atoms with van der Waals surface area (Å²) in [6.45, 7) is 0.872. The van der Waals surface area contributed by atoms with Crippen LogP contribution in [0.5, 0.6) is 0 Å². The molecule has 18 heavy (non-hydrogen) atoms. The van der Waals surface area contributed by atoms with E-state index in [9.17, 15) is 0 Å². The Hall–Kier alpha value is -0.800. The van der Waals surface area contributed by atoms with Crippen molar-refractivity contribution in [1.29, 1.82) is 0 Å². The molecule has 0 aromatic carbocycles. The number of ether oxygens (including phenoxy) is 1. The molecule has 98 valence electrons. The Morgan fingerprint density at radius 1 is 1.39 bits per heavy atom. The summed E-state index contributed by atoms with van der Waals surface area (Å²) in [6, 6.07) is 4.36. The second kappa shape index (κ2) is 5.06. The molecule has 2 fully saturated rings. The SMILES string of the molecule is Clc1cc(NC2CCOC3(CCCC3)C2)ccn1. The highest BCUT2D eigenvalue weighted by atomic mass is 35.5. The highest BCUT2D eigenvalue weighted by molar-refractivity contribution is 6.29. The number of hydrogen-bond acceptors (Lipinski definition) is 3. The summed E-state index contributed by atoms with van der Waals surface area (Å²) in [5, 5.41) is 4.11. The Kier molecular flexibility index (Phi) is 3.44. The van der Waals surface area contributed by atoms with Crippen LogP contribution in [0.4, 0.5) is 5.69 Å². The van der Waals surface area contributed by atoms with Crippen molar-refractivity contribution in [3.8, 4) is 0 Å². The number of halogens is 1. The van der Waals surface area contributed by atoms with Crippen molar-refractivity contribution in [2.45, 2.75) is 50.2 Å². The average Bonchev–Trinajstić information content (AvgIpc) is 2.77. The first kappa shape index (κ1) is 12.2. The van der Waals surface area contributed by atoms with Gasteiger partial charge in [-0.3, -0.25) is 0 Å². The number of nitrogens with one attached hydrogen (secondary N) is 1. The standard InChI is InChI=1S/C14H19ClN2O/c15-13-9-11(3-7-16-13)17-12-4-8-18-14(10-12)5-1-2-6-14/h3,7,9,12H,1-2,4-6,8,10H2,(H,16,17). The number of pyridine rings is 1. The zero-order valence-corrected chi connectivity index (χ0v) is 11.2. The third-order valence-corrected chi connectivity index (χ3v) is 4.31. The van der Waals surface area contributed by atoms with Crippen LogP contribution in [0, 0.1) is 0 Å². The minimum Gasteiger partial charge on any atom is -0.382 e. The van der Waals surface area contributed by atoms with Crippen LogP contribution in [0.1, 0.15) is 38.5 Å². The molecule has 0 amide bonds. The van der Waals surface area contributed by atoms with Crippen LogP contribution in [0.15, 0.2) is 18.3 Å². The molecule has 3 rings (SSSR count). The topological polar surface area (TPSA) is 34.1 Å². The van der Waals surface area contributed by atoms with Crippen molar-refractivity contribution in [2.24, 2.45) is 0 Å². The van der Waals surface area contributed by atoms with E-state index < -0.39 is 0 Å². The lowest BCUT2D eigenvalue weighted by Gasteiger charge is -2.38. The van der Waals surface area contributed by atoms with Gasteiger partial charge < -0.3 is 10.1 Å². The molecular weight excluding hydrogens is 248 g/mol. The molecule has 1 aromatic rings. The van der Waals surface area contributed by atoms with E-state index in [0.29, 0.717) is 11.2 Å². The van der Waals surface area contributed by atoms with Gasteiger partial charge in [-0.1, -0.05) is 24.4 Å². The van der Waals surface area contributed by atoms with Crippen LogP contribution in [-0.2, 0) is 4.74 Å². The summed E-state index contributed by atoms with van der Waals surface area (Å²) in [4.78, 5) is 4.00. The van der Waals surface area contributed by atoms with Gasteiger partial charge in [0.1, 0.15) is 5.15 Å². The van der Waals surface area contributed by atoms with Gasteiger partial charge in [0.2, 0.25) is 0 Å². The van der Waals surface area contributed by atoms with Crippen LogP contribution in [0.2, 0.25) is 5.15 Å². The van der Waals surface area contributed by atoms with E-state index in [1.54, 1.807) is 6.20 Å². The fourth-order valence-corrected chi connectivity index (χ4v) is 3.42. The van der Waals surface area contributed by atoms with Crippen LogP contribution in [0.3, 0.4) is 0 Å². The van der Waals surface area contributed by atoms with Gasteiger partial charge in [0.15, 0.2) is 0 Å². The largest absolute Gasteiger partial charge is 0.382 e. The van der Waals surface area contributed by atoms with Crippen molar-refractivity contribution in [1.82, 2.24) is 4.98 Å². The van der Waals surface area contributed by atoms with Gasteiger partial charge in [0, 0.05) is 24.5 Å². The number of rotatable bonds is 2. The summed E-state index contributed by atoms with van der Waals surface area (Å²) in [6.07, 6.45) is 9.01. The molecule has 4 heteroatoms. The summed E-state index contributed by atoms with van der Waals surface area (Å²) in [7, 11) is 0. The van der Waals surface area contributed by atoms with Crippen molar-refractivity contribution in [2.75, 3.05) is 11.9 Å². The van der Waals surface area contributed by atoms with Gasteiger partial charge in [-0.15, -0.1) is 0 Å².